The van der Waals surface area contributed by atoms with E-state index in [1.54, 1.807) is 4.90 Å². The summed E-state index contributed by atoms with van der Waals surface area (Å²) in [5, 5.41) is -0.0863. The number of nitrogens with zero attached hydrogens (tertiary/aromatic N) is 1. The Labute approximate surface area is 158 Å². The second-order valence-corrected chi connectivity index (χ2v) is 7.41. The zero-order chi connectivity index (χ0) is 18.2. The van der Waals surface area contributed by atoms with Crippen molar-refractivity contribution in [2.75, 3.05) is 33.8 Å². The van der Waals surface area contributed by atoms with Crippen LogP contribution in [0.1, 0.15) is 18.4 Å². The van der Waals surface area contributed by atoms with Gasteiger partial charge in [0.15, 0.2) is 0 Å². The van der Waals surface area contributed by atoms with Gasteiger partial charge in [-0.2, -0.15) is 0 Å². The van der Waals surface area contributed by atoms with Crippen LogP contribution in [0.3, 0.4) is 0 Å². The molecular formula is C18H23N2O3S2+. The molecule has 1 amide bonds. The zero-order valence-electron chi connectivity index (χ0n) is 14.5. The van der Waals surface area contributed by atoms with Crippen LogP contribution in [0.4, 0.5) is 4.79 Å². The van der Waals surface area contributed by atoms with Crippen LogP contribution in [-0.4, -0.2) is 54.9 Å². The molecule has 1 aliphatic heterocycles. The average Bonchev–Trinajstić information content (AvgIpc) is 2.83. The summed E-state index contributed by atoms with van der Waals surface area (Å²) in [5.74, 6) is -0.230. The standard InChI is InChI=1S/C18H22N2O3S2/c1-19(2)11-12-23-16(21)9-6-10-20-17(24)15(25-18(20)22)13-14-7-4-3-5-8-14/h3-5,7-8,13H,6,9-12H2,1-2H3/p+1/b15-13+. The fourth-order valence-corrected chi connectivity index (χ4v) is 3.51. The van der Waals surface area contributed by atoms with E-state index in [9.17, 15) is 9.59 Å². The molecule has 0 atom stereocenters. The first-order chi connectivity index (χ1) is 12.0. The van der Waals surface area contributed by atoms with Crippen molar-refractivity contribution in [1.29, 1.82) is 0 Å². The van der Waals surface area contributed by atoms with Crippen LogP contribution >= 0.6 is 24.0 Å². The molecule has 1 fully saturated rings. The number of rotatable bonds is 8. The molecule has 2 rings (SSSR count). The van der Waals surface area contributed by atoms with Gasteiger partial charge >= 0.3 is 5.97 Å². The molecule has 0 saturated carbocycles. The number of nitrogens with one attached hydrogen (secondary N) is 1. The molecule has 1 heterocycles. The topological polar surface area (TPSA) is 51.1 Å². The van der Waals surface area contributed by atoms with Crippen molar-refractivity contribution in [3.8, 4) is 0 Å². The van der Waals surface area contributed by atoms with E-state index in [2.05, 4.69) is 0 Å². The van der Waals surface area contributed by atoms with E-state index in [-0.39, 0.29) is 17.6 Å². The highest BCUT2D eigenvalue weighted by molar-refractivity contribution is 8.19. The van der Waals surface area contributed by atoms with E-state index in [1.165, 1.54) is 4.90 Å². The average molecular weight is 380 g/mol. The van der Waals surface area contributed by atoms with Gasteiger partial charge in [0, 0.05) is 13.0 Å². The third kappa shape index (κ3) is 6.26. The van der Waals surface area contributed by atoms with E-state index < -0.39 is 0 Å². The summed E-state index contributed by atoms with van der Waals surface area (Å²) in [5.41, 5.74) is 1.01. The Morgan fingerprint density at radius 2 is 2.04 bits per heavy atom. The van der Waals surface area contributed by atoms with Crippen molar-refractivity contribution < 1.29 is 19.2 Å². The largest absolute Gasteiger partial charge is 0.460 e. The Balaban J connectivity index is 1.81. The summed E-state index contributed by atoms with van der Waals surface area (Å²) in [6.07, 6.45) is 2.75. The van der Waals surface area contributed by atoms with Crippen LogP contribution in [0.2, 0.25) is 0 Å². The van der Waals surface area contributed by atoms with Crippen LogP contribution in [0.25, 0.3) is 6.08 Å². The number of hydrogen-bond donors (Lipinski definition) is 1. The first-order valence-corrected chi connectivity index (χ1v) is 9.45. The molecule has 1 aliphatic rings. The smallest absolute Gasteiger partial charge is 0.306 e. The molecule has 7 heteroatoms. The highest BCUT2D eigenvalue weighted by Gasteiger charge is 2.31. The maximum absolute atomic E-state index is 12.1. The van der Waals surface area contributed by atoms with Crippen molar-refractivity contribution in [1.82, 2.24) is 4.90 Å². The van der Waals surface area contributed by atoms with Gasteiger partial charge in [0.1, 0.15) is 18.1 Å². The normalized spacial score (nSPS) is 16.1. The Hall–Kier alpha value is -1.70. The molecule has 0 spiro atoms. The first kappa shape index (κ1) is 19.6. The van der Waals surface area contributed by atoms with Crippen LogP contribution in [0.5, 0.6) is 0 Å². The molecule has 0 aliphatic carbocycles. The number of carbonyl (C=O) groups excluding carboxylic acids is 2. The molecule has 1 aromatic rings. The highest BCUT2D eigenvalue weighted by atomic mass is 32.2. The highest BCUT2D eigenvalue weighted by Crippen LogP contribution is 2.33. The molecule has 5 nitrogen and oxygen atoms in total. The zero-order valence-corrected chi connectivity index (χ0v) is 16.1. The predicted octanol–water partition coefficient (Wildman–Crippen LogP) is 1.99. The van der Waals surface area contributed by atoms with Gasteiger partial charge in [-0.05, 0) is 29.8 Å². The van der Waals surface area contributed by atoms with E-state index in [1.807, 2.05) is 50.5 Å². The minimum Gasteiger partial charge on any atom is -0.460 e. The molecule has 25 heavy (non-hydrogen) atoms. The van der Waals surface area contributed by atoms with E-state index in [0.29, 0.717) is 24.6 Å². The van der Waals surface area contributed by atoms with Gasteiger partial charge in [-0.25, -0.2) is 0 Å². The van der Waals surface area contributed by atoms with Crippen LogP contribution in [0.15, 0.2) is 35.2 Å². The molecule has 0 aromatic heterocycles. The number of quaternary nitrogens is 1. The van der Waals surface area contributed by atoms with Gasteiger partial charge in [0.05, 0.1) is 19.0 Å². The Kier molecular flexibility index (Phi) is 7.61. The van der Waals surface area contributed by atoms with Gasteiger partial charge in [-0.1, -0.05) is 42.5 Å². The third-order valence-electron chi connectivity index (χ3n) is 3.60. The Morgan fingerprint density at radius 1 is 1.32 bits per heavy atom. The number of esters is 1. The number of ether oxygens (including phenoxy) is 1. The SMILES string of the molecule is C[NH+](C)CCOC(=O)CCCN1C(=O)S/C(=C/c2ccccc2)C1=S. The minimum atomic E-state index is -0.230. The van der Waals surface area contributed by atoms with Gasteiger partial charge in [-0.15, -0.1) is 0 Å². The van der Waals surface area contributed by atoms with Crippen molar-refractivity contribution in [3.63, 3.8) is 0 Å². The lowest BCUT2D eigenvalue weighted by atomic mass is 10.2. The Morgan fingerprint density at radius 3 is 2.72 bits per heavy atom. The van der Waals surface area contributed by atoms with E-state index in [0.717, 1.165) is 28.8 Å². The Bertz CT molecular complexity index is 660. The van der Waals surface area contributed by atoms with Crippen molar-refractivity contribution in [2.45, 2.75) is 12.8 Å². The summed E-state index contributed by atoms with van der Waals surface area (Å²) < 4.78 is 5.16. The summed E-state index contributed by atoms with van der Waals surface area (Å²) in [6, 6.07) is 9.76. The third-order valence-corrected chi connectivity index (χ3v) is 5.09. The van der Waals surface area contributed by atoms with Crippen molar-refractivity contribution >= 4 is 46.3 Å². The molecule has 1 saturated heterocycles. The number of hydrogen-bond acceptors (Lipinski definition) is 5. The molecule has 0 bridgehead atoms. The first-order valence-electron chi connectivity index (χ1n) is 8.22. The maximum atomic E-state index is 12.1. The van der Waals surface area contributed by atoms with Crippen LogP contribution in [-0.2, 0) is 9.53 Å². The number of amides is 1. The number of thiocarbonyl (C=S) groups is 1. The lowest BCUT2D eigenvalue weighted by molar-refractivity contribution is -0.858. The monoisotopic (exact) mass is 379 g/mol. The fourth-order valence-electron chi connectivity index (χ4n) is 2.22. The number of likely N-dealkylation sites (N-methyl/N-ethyl adjacent to an activating group) is 1. The van der Waals surface area contributed by atoms with Gasteiger partial charge in [0.2, 0.25) is 0 Å². The molecule has 0 radical (unpaired) electrons. The van der Waals surface area contributed by atoms with Crippen LogP contribution < -0.4 is 4.90 Å². The summed E-state index contributed by atoms with van der Waals surface area (Å²) in [7, 11) is 4.01. The number of carbonyl (C=O) groups is 2. The lowest BCUT2D eigenvalue weighted by Crippen LogP contribution is -3.06. The summed E-state index contributed by atoms with van der Waals surface area (Å²) in [6.45, 7) is 1.64. The second kappa shape index (κ2) is 9.70. The van der Waals surface area contributed by atoms with Crippen LogP contribution in [0, 0.1) is 0 Å². The predicted molar refractivity (Wildman–Crippen MR) is 105 cm³/mol. The molecular weight excluding hydrogens is 356 g/mol. The summed E-state index contributed by atoms with van der Waals surface area (Å²) in [4.78, 5) is 27.9. The second-order valence-electron chi connectivity index (χ2n) is 6.03. The van der Waals surface area contributed by atoms with E-state index in [4.69, 9.17) is 17.0 Å². The fraction of sp³-hybridized carbons (Fsp3) is 0.389. The molecule has 1 aromatic carbocycles. The minimum absolute atomic E-state index is 0.0863. The van der Waals surface area contributed by atoms with Gasteiger partial charge in [0.25, 0.3) is 5.24 Å². The van der Waals surface area contributed by atoms with Gasteiger partial charge < -0.3 is 9.64 Å². The van der Waals surface area contributed by atoms with E-state index >= 15 is 0 Å². The maximum Gasteiger partial charge on any atom is 0.306 e. The van der Waals surface area contributed by atoms with Crippen molar-refractivity contribution in [3.05, 3.63) is 40.8 Å². The lowest BCUT2D eigenvalue weighted by Gasteiger charge is -2.14. The molecule has 134 valence electrons. The molecule has 1 N–H and O–H groups in total. The summed E-state index contributed by atoms with van der Waals surface area (Å²) >= 11 is 6.55. The number of benzene rings is 1. The van der Waals surface area contributed by atoms with Crippen molar-refractivity contribution in [2.24, 2.45) is 0 Å². The van der Waals surface area contributed by atoms with Gasteiger partial charge in [-0.3, -0.25) is 14.5 Å². The quantitative estimate of drug-likeness (QED) is 0.425. The molecule has 0 unspecified atom stereocenters. The number of thioether (sulfide) groups is 1.